The summed E-state index contributed by atoms with van der Waals surface area (Å²) in [5.74, 6) is 2.21. The number of benzene rings is 2. The minimum Gasteiger partial charge on any atom is -0.497 e. The molecule has 1 aromatic heterocycles. The third-order valence-electron chi connectivity index (χ3n) is 6.66. The summed E-state index contributed by atoms with van der Waals surface area (Å²) in [4.78, 5) is 22.8. The van der Waals surface area contributed by atoms with Crippen molar-refractivity contribution in [2.45, 2.75) is 30.8 Å². The van der Waals surface area contributed by atoms with Crippen molar-refractivity contribution in [1.29, 1.82) is 0 Å². The second-order valence-corrected chi connectivity index (χ2v) is 8.33. The van der Waals surface area contributed by atoms with Gasteiger partial charge in [-0.3, -0.25) is 0 Å². The second kappa shape index (κ2) is 7.65. The van der Waals surface area contributed by atoms with E-state index in [2.05, 4.69) is 22.4 Å². The lowest BCUT2D eigenvalue weighted by molar-refractivity contribution is 0.171. The molecule has 3 aromatic rings. The van der Waals surface area contributed by atoms with Crippen molar-refractivity contribution in [3.8, 4) is 5.75 Å². The molecule has 7 nitrogen and oxygen atoms in total. The van der Waals surface area contributed by atoms with Crippen LogP contribution in [0.25, 0.3) is 11.0 Å². The first-order valence-corrected chi connectivity index (χ1v) is 10.5. The van der Waals surface area contributed by atoms with Gasteiger partial charge in [0.1, 0.15) is 11.6 Å². The van der Waals surface area contributed by atoms with E-state index in [4.69, 9.17) is 15.5 Å². The number of ether oxygens (including phenoxy) is 1. The lowest BCUT2D eigenvalue weighted by atomic mass is 9.88. The number of hydrogen-bond donors (Lipinski definition) is 3. The number of hydrogen-bond acceptors (Lipinski definition) is 4. The number of aromatic nitrogens is 2. The Labute approximate surface area is 175 Å². The summed E-state index contributed by atoms with van der Waals surface area (Å²) in [7, 11) is 1.67. The quantitative estimate of drug-likeness (QED) is 0.608. The van der Waals surface area contributed by atoms with Crippen molar-refractivity contribution in [3.63, 3.8) is 0 Å². The largest absolute Gasteiger partial charge is 0.497 e. The van der Waals surface area contributed by atoms with Crippen LogP contribution in [0.15, 0.2) is 48.5 Å². The van der Waals surface area contributed by atoms with Crippen molar-refractivity contribution < 1.29 is 9.53 Å². The number of amides is 2. The molecule has 4 N–H and O–H groups in total. The van der Waals surface area contributed by atoms with E-state index in [1.54, 1.807) is 7.11 Å². The van der Waals surface area contributed by atoms with Crippen LogP contribution in [0.1, 0.15) is 23.7 Å². The number of nitrogens with one attached hydrogen (secondary N) is 2. The molecule has 0 saturated carbocycles. The molecule has 0 radical (unpaired) electrons. The van der Waals surface area contributed by atoms with Gasteiger partial charge in [-0.1, -0.05) is 24.3 Å². The van der Waals surface area contributed by atoms with E-state index in [0.717, 1.165) is 48.5 Å². The number of carbonyl (C=O) groups excluding carboxylic acids is 1. The summed E-state index contributed by atoms with van der Waals surface area (Å²) in [6, 6.07) is 16.0. The van der Waals surface area contributed by atoms with E-state index in [9.17, 15) is 4.79 Å². The van der Waals surface area contributed by atoms with Gasteiger partial charge < -0.3 is 25.7 Å². The fourth-order valence-electron chi connectivity index (χ4n) is 5.22. The zero-order chi connectivity index (χ0) is 20.7. The summed E-state index contributed by atoms with van der Waals surface area (Å²) < 4.78 is 5.30. The lowest BCUT2D eigenvalue weighted by Crippen LogP contribution is -2.49. The second-order valence-electron chi connectivity index (χ2n) is 8.33. The molecule has 2 aromatic carbocycles. The van der Waals surface area contributed by atoms with Crippen LogP contribution in [0.2, 0.25) is 0 Å². The molecule has 2 fully saturated rings. The van der Waals surface area contributed by atoms with Gasteiger partial charge in [0, 0.05) is 25.0 Å². The molecule has 2 amide bonds. The summed E-state index contributed by atoms with van der Waals surface area (Å²) in [5.41, 5.74) is 9.01. The SMILES string of the molecule is COc1ccc(C[C@@H](c2nc3ccccc3[nH]2)C2CC3CNCC3N2C(N)=O)cc1. The fourth-order valence-corrected chi connectivity index (χ4v) is 5.22. The minimum absolute atomic E-state index is 0.0160. The van der Waals surface area contributed by atoms with Crippen LogP contribution in [0.3, 0.4) is 0 Å². The highest BCUT2D eigenvalue weighted by Crippen LogP contribution is 2.40. The zero-order valence-electron chi connectivity index (χ0n) is 17.0. The molecule has 0 spiro atoms. The molecule has 4 atom stereocenters. The number of para-hydroxylation sites is 2. The summed E-state index contributed by atoms with van der Waals surface area (Å²) >= 11 is 0. The van der Waals surface area contributed by atoms with E-state index in [-0.39, 0.29) is 24.0 Å². The van der Waals surface area contributed by atoms with Gasteiger partial charge in [0.15, 0.2) is 0 Å². The first kappa shape index (κ1) is 18.9. The molecular weight excluding hydrogens is 378 g/mol. The summed E-state index contributed by atoms with van der Waals surface area (Å²) in [5, 5.41) is 3.41. The molecule has 5 rings (SSSR count). The average Bonchev–Trinajstić information content (AvgIpc) is 3.45. The van der Waals surface area contributed by atoms with Gasteiger partial charge in [-0.25, -0.2) is 9.78 Å². The maximum atomic E-state index is 12.5. The fraction of sp³-hybridized carbons (Fsp3) is 0.391. The molecule has 3 heterocycles. The Kier molecular flexibility index (Phi) is 4.83. The van der Waals surface area contributed by atoms with Crippen LogP contribution in [0.4, 0.5) is 4.79 Å². The number of nitrogens with zero attached hydrogens (tertiary/aromatic N) is 2. The van der Waals surface area contributed by atoms with Gasteiger partial charge in [0.25, 0.3) is 0 Å². The zero-order valence-corrected chi connectivity index (χ0v) is 17.0. The van der Waals surface area contributed by atoms with Crippen molar-refractivity contribution in [2.75, 3.05) is 20.2 Å². The monoisotopic (exact) mass is 405 g/mol. The number of fused-ring (bicyclic) bond motifs is 2. The van der Waals surface area contributed by atoms with E-state index in [1.807, 2.05) is 41.3 Å². The smallest absolute Gasteiger partial charge is 0.315 e. The van der Waals surface area contributed by atoms with Crippen molar-refractivity contribution >= 4 is 17.1 Å². The molecule has 3 unspecified atom stereocenters. The van der Waals surface area contributed by atoms with Gasteiger partial charge in [0.05, 0.1) is 24.2 Å². The Morgan fingerprint density at radius 1 is 1.23 bits per heavy atom. The number of methoxy groups -OCH3 is 1. The highest BCUT2D eigenvalue weighted by atomic mass is 16.5. The van der Waals surface area contributed by atoms with Crippen LogP contribution in [-0.4, -0.2) is 53.2 Å². The minimum atomic E-state index is -0.341. The van der Waals surface area contributed by atoms with E-state index >= 15 is 0 Å². The molecule has 30 heavy (non-hydrogen) atoms. The number of aromatic amines is 1. The van der Waals surface area contributed by atoms with Crippen LogP contribution in [-0.2, 0) is 6.42 Å². The predicted octanol–water partition coefficient (Wildman–Crippen LogP) is 2.64. The number of urea groups is 1. The number of nitrogens with two attached hydrogens (primary N) is 1. The van der Waals surface area contributed by atoms with Crippen molar-refractivity contribution in [2.24, 2.45) is 11.7 Å². The molecular formula is C23H27N5O2. The van der Waals surface area contributed by atoms with E-state index < -0.39 is 0 Å². The maximum Gasteiger partial charge on any atom is 0.315 e. The number of H-pyrrole nitrogens is 1. The van der Waals surface area contributed by atoms with Gasteiger partial charge in [-0.15, -0.1) is 0 Å². The summed E-state index contributed by atoms with van der Waals surface area (Å²) in [6.45, 7) is 1.74. The maximum absolute atomic E-state index is 12.5. The van der Waals surface area contributed by atoms with Gasteiger partial charge in [-0.05, 0) is 48.6 Å². The number of likely N-dealkylation sites (tertiary alicyclic amines) is 1. The average molecular weight is 406 g/mol. The first-order valence-electron chi connectivity index (χ1n) is 10.5. The van der Waals surface area contributed by atoms with Crippen molar-refractivity contribution in [1.82, 2.24) is 20.2 Å². The molecule has 0 aliphatic carbocycles. The van der Waals surface area contributed by atoms with Gasteiger partial charge in [-0.2, -0.15) is 0 Å². The van der Waals surface area contributed by atoms with Gasteiger partial charge >= 0.3 is 6.03 Å². The number of carbonyl (C=O) groups is 1. The Morgan fingerprint density at radius 3 is 2.77 bits per heavy atom. The van der Waals surface area contributed by atoms with Crippen LogP contribution in [0, 0.1) is 5.92 Å². The predicted molar refractivity (Wildman–Crippen MR) is 116 cm³/mol. The van der Waals surface area contributed by atoms with Crippen LogP contribution >= 0.6 is 0 Å². The lowest BCUT2D eigenvalue weighted by Gasteiger charge is -2.33. The summed E-state index contributed by atoms with van der Waals surface area (Å²) in [6.07, 6.45) is 1.70. The Bertz CT molecular complexity index is 1010. The third kappa shape index (κ3) is 3.29. The number of imidazole rings is 1. The standard InChI is InChI=1S/C23H27N5O2/c1-30-16-8-6-14(7-9-16)10-17(22-26-18-4-2-3-5-19(18)27-22)20-11-15-12-25-13-21(15)28(20)23(24)29/h2-9,15,17,20-21,25H,10-13H2,1H3,(H2,24,29)(H,26,27)/t15?,17-,20?,21?/m1/s1. The van der Waals surface area contributed by atoms with Crippen molar-refractivity contribution in [3.05, 3.63) is 59.9 Å². The van der Waals surface area contributed by atoms with Crippen LogP contribution in [0.5, 0.6) is 5.75 Å². The van der Waals surface area contributed by atoms with Gasteiger partial charge in [0.2, 0.25) is 0 Å². The van der Waals surface area contributed by atoms with E-state index in [0.29, 0.717) is 5.92 Å². The number of rotatable bonds is 5. The molecule has 7 heteroatoms. The Balaban J connectivity index is 1.54. The third-order valence-corrected chi connectivity index (χ3v) is 6.66. The molecule has 0 bridgehead atoms. The Morgan fingerprint density at radius 2 is 2.03 bits per heavy atom. The molecule has 156 valence electrons. The topological polar surface area (TPSA) is 96.3 Å². The molecule has 2 aliphatic heterocycles. The highest BCUT2D eigenvalue weighted by Gasteiger charge is 2.48. The highest BCUT2D eigenvalue weighted by molar-refractivity contribution is 5.75. The normalized spacial score (nSPS) is 24.2. The van der Waals surface area contributed by atoms with Crippen LogP contribution < -0.4 is 15.8 Å². The molecule has 2 aliphatic rings. The Hall–Kier alpha value is -3.06. The van der Waals surface area contributed by atoms with E-state index in [1.165, 1.54) is 5.56 Å². The first-order chi connectivity index (χ1) is 14.6. The number of primary amides is 1. The molecule has 2 saturated heterocycles.